The Morgan fingerprint density at radius 2 is 2.12 bits per heavy atom. The lowest BCUT2D eigenvalue weighted by atomic mass is 10.1. The quantitative estimate of drug-likeness (QED) is 0.757. The molecule has 1 fully saturated rings. The highest BCUT2D eigenvalue weighted by atomic mass is 32.1. The van der Waals surface area contributed by atoms with Crippen LogP contribution in [-0.2, 0) is 0 Å². The first-order valence-electron chi connectivity index (χ1n) is 8.19. The van der Waals surface area contributed by atoms with Gasteiger partial charge in [-0.3, -0.25) is 14.0 Å². The van der Waals surface area contributed by atoms with E-state index in [2.05, 4.69) is 4.98 Å². The predicted molar refractivity (Wildman–Crippen MR) is 97.9 cm³/mol. The molecule has 0 radical (unpaired) electrons. The minimum absolute atomic E-state index is 0.0183. The number of methoxy groups -OCH3 is 1. The normalized spacial score (nSPS) is 17.0. The first-order valence-corrected chi connectivity index (χ1v) is 9.07. The van der Waals surface area contributed by atoms with Crippen molar-refractivity contribution in [2.75, 3.05) is 20.2 Å². The molecular weight excluding hydrogens is 354 g/mol. The number of hydrogen-bond acceptors (Lipinski definition) is 6. The molecule has 1 unspecified atom stereocenters. The molecule has 8 heteroatoms. The summed E-state index contributed by atoms with van der Waals surface area (Å²) in [5.74, 6) is 0.336. The molecule has 26 heavy (non-hydrogen) atoms. The number of benzene rings is 1. The fraction of sp³-hybridized carbons (Fsp3) is 0.278. The van der Waals surface area contributed by atoms with Crippen molar-refractivity contribution in [1.29, 1.82) is 0 Å². The van der Waals surface area contributed by atoms with Crippen LogP contribution in [0.1, 0.15) is 16.8 Å². The number of carbonyl (C=O) groups excluding carboxylic acids is 1. The van der Waals surface area contributed by atoms with Crippen molar-refractivity contribution < 1.29 is 14.6 Å². The second-order valence-electron chi connectivity index (χ2n) is 6.14. The summed E-state index contributed by atoms with van der Waals surface area (Å²) >= 11 is 1.34. The number of ether oxygens (including phenoxy) is 1. The molecule has 7 nitrogen and oxygen atoms in total. The number of nitrogens with zero attached hydrogens (tertiary/aromatic N) is 3. The number of hydrogen-bond donors (Lipinski definition) is 1. The van der Waals surface area contributed by atoms with Gasteiger partial charge in [0.2, 0.25) is 0 Å². The van der Waals surface area contributed by atoms with Gasteiger partial charge in [0.25, 0.3) is 11.5 Å². The van der Waals surface area contributed by atoms with Gasteiger partial charge in [0, 0.05) is 24.7 Å². The van der Waals surface area contributed by atoms with Crippen LogP contribution in [0.15, 0.2) is 40.6 Å². The third-order valence-electron chi connectivity index (χ3n) is 4.51. The highest BCUT2D eigenvalue weighted by Gasteiger charge is 2.28. The van der Waals surface area contributed by atoms with Crippen LogP contribution in [0.3, 0.4) is 0 Å². The molecule has 1 aliphatic rings. The van der Waals surface area contributed by atoms with Gasteiger partial charge in [0.15, 0.2) is 4.96 Å². The average molecular weight is 371 g/mol. The number of likely N-dealkylation sites (tertiary alicyclic amines) is 1. The zero-order valence-corrected chi connectivity index (χ0v) is 14.9. The van der Waals surface area contributed by atoms with Crippen molar-refractivity contribution in [3.8, 4) is 17.0 Å². The molecule has 3 aromatic rings. The van der Waals surface area contributed by atoms with Crippen LogP contribution in [0.5, 0.6) is 5.75 Å². The number of rotatable bonds is 3. The summed E-state index contributed by atoms with van der Waals surface area (Å²) in [6.45, 7) is 0.688. The van der Waals surface area contributed by atoms with E-state index in [-0.39, 0.29) is 18.0 Å². The number of β-amino-alcohol motifs (C(OH)–C–C–N with tert-alkyl or cyclic N) is 1. The number of fused-ring (bicyclic) bond motifs is 1. The SMILES string of the molecule is COc1ccc(-c2csc3ncc(C(=O)N4CCC(O)C4)c(=O)n23)cc1. The van der Waals surface area contributed by atoms with Gasteiger partial charge in [-0.1, -0.05) is 0 Å². The molecule has 2 aromatic heterocycles. The van der Waals surface area contributed by atoms with Crippen molar-refractivity contribution in [1.82, 2.24) is 14.3 Å². The van der Waals surface area contributed by atoms with Crippen molar-refractivity contribution in [2.24, 2.45) is 0 Å². The zero-order chi connectivity index (χ0) is 18.3. The van der Waals surface area contributed by atoms with E-state index in [1.54, 1.807) is 7.11 Å². The monoisotopic (exact) mass is 371 g/mol. The van der Waals surface area contributed by atoms with Crippen LogP contribution in [0.2, 0.25) is 0 Å². The lowest BCUT2D eigenvalue weighted by molar-refractivity contribution is 0.0762. The smallest absolute Gasteiger partial charge is 0.271 e. The van der Waals surface area contributed by atoms with Gasteiger partial charge in [0.05, 0.1) is 18.9 Å². The molecule has 1 aliphatic heterocycles. The lowest BCUT2D eigenvalue weighted by Gasteiger charge is -2.15. The Morgan fingerprint density at radius 3 is 2.77 bits per heavy atom. The molecule has 1 saturated heterocycles. The second kappa shape index (κ2) is 6.54. The Hall–Kier alpha value is -2.71. The molecule has 1 amide bonds. The van der Waals surface area contributed by atoms with Crippen molar-refractivity contribution in [2.45, 2.75) is 12.5 Å². The first kappa shape index (κ1) is 16.7. The maximum atomic E-state index is 13.0. The maximum absolute atomic E-state index is 13.0. The highest BCUT2D eigenvalue weighted by molar-refractivity contribution is 7.15. The van der Waals surface area contributed by atoms with E-state index in [4.69, 9.17) is 4.74 Å². The molecule has 1 aromatic carbocycles. The summed E-state index contributed by atoms with van der Waals surface area (Å²) in [6.07, 6.45) is 1.33. The summed E-state index contributed by atoms with van der Waals surface area (Å²) in [6, 6.07) is 7.35. The van der Waals surface area contributed by atoms with Gasteiger partial charge in [-0.2, -0.15) is 0 Å². The Kier molecular flexibility index (Phi) is 4.21. The minimum atomic E-state index is -0.533. The molecular formula is C18H17N3O4S. The number of aliphatic hydroxyl groups is 1. The molecule has 134 valence electrons. The third kappa shape index (κ3) is 2.77. The first-order chi connectivity index (χ1) is 12.6. The summed E-state index contributed by atoms with van der Waals surface area (Å²) < 4.78 is 6.63. The molecule has 0 aliphatic carbocycles. The number of aliphatic hydroxyl groups excluding tert-OH is 1. The van der Waals surface area contributed by atoms with E-state index >= 15 is 0 Å². The summed E-state index contributed by atoms with van der Waals surface area (Å²) in [7, 11) is 1.59. The molecule has 1 N–H and O–H groups in total. The van der Waals surface area contributed by atoms with E-state index in [1.165, 1.54) is 26.8 Å². The van der Waals surface area contributed by atoms with Crippen LogP contribution in [0.25, 0.3) is 16.2 Å². The minimum Gasteiger partial charge on any atom is -0.497 e. The van der Waals surface area contributed by atoms with Crippen LogP contribution < -0.4 is 10.3 Å². The molecule has 4 rings (SSSR count). The van der Waals surface area contributed by atoms with E-state index in [0.717, 1.165) is 11.3 Å². The van der Waals surface area contributed by atoms with Gasteiger partial charge in [-0.15, -0.1) is 11.3 Å². The molecule has 0 bridgehead atoms. The average Bonchev–Trinajstić information content (AvgIpc) is 3.28. The predicted octanol–water partition coefficient (Wildman–Crippen LogP) is 1.64. The summed E-state index contributed by atoms with van der Waals surface area (Å²) in [5.41, 5.74) is 1.14. The van der Waals surface area contributed by atoms with E-state index in [1.807, 2.05) is 29.6 Å². The zero-order valence-electron chi connectivity index (χ0n) is 14.1. The molecule has 0 spiro atoms. The third-order valence-corrected chi connectivity index (χ3v) is 5.35. The van der Waals surface area contributed by atoms with Gasteiger partial charge in [-0.05, 0) is 36.2 Å². The Labute approximate surface area is 153 Å². The second-order valence-corrected chi connectivity index (χ2v) is 6.97. The van der Waals surface area contributed by atoms with Gasteiger partial charge in [0.1, 0.15) is 11.3 Å². The Bertz CT molecular complexity index is 1030. The van der Waals surface area contributed by atoms with E-state index < -0.39 is 11.7 Å². The number of amides is 1. The lowest BCUT2D eigenvalue weighted by Crippen LogP contribution is -2.35. The van der Waals surface area contributed by atoms with Crippen LogP contribution in [-0.4, -0.2) is 51.6 Å². The number of thiazole rings is 1. The van der Waals surface area contributed by atoms with E-state index in [0.29, 0.717) is 23.6 Å². The Morgan fingerprint density at radius 1 is 1.35 bits per heavy atom. The summed E-state index contributed by atoms with van der Waals surface area (Å²) in [5, 5.41) is 11.5. The largest absolute Gasteiger partial charge is 0.497 e. The Balaban J connectivity index is 1.79. The molecule has 0 saturated carbocycles. The van der Waals surface area contributed by atoms with Gasteiger partial charge >= 0.3 is 0 Å². The maximum Gasteiger partial charge on any atom is 0.271 e. The van der Waals surface area contributed by atoms with Gasteiger partial charge < -0.3 is 14.7 Å². The van der Waals surface area contributed by atoms with E-state index in [9.17, 15) is 14.7 Å². The van der Waals surface area contributed by atoms with Crippen LogP contribution in [0.4, 0.5) is 0 Å². The topological polar surface area (TPSA) is 84.1 Å². The fourth-order valence-corrected chi connectivity index (χ4v) is 3.96. The highest BCUT2D eigenvalue weighted by Crippen LogP contribution is 2.26. The summed E-state index contributed by atoms with van der Waals surface area (Å²) in [4.78, 5) is 31.9. The van der Waals surface area contributed by atoms with Crippen molar-refractivity contribution in [3.63, 3.8) is 0 Å². The van der Waals surface area contributed by atoms with Gasteiger partial charge in [-0.25, -0.2) is 4.98 Å². The van der Waals surface area contributed by atoms with Crippen molar-refractivity contribution >= 4 is 22.2 Å². The fourth-order valence-electron chi connectivity index (χ4n) is 3.10. The van der Waals surface area contributed by atoms with Crippen molar-refractivity contribution in [3.05, 3.63) is 51.8 Å². The van der Waals surface area contributed by atoms with Crippen LogP contribution >= 0.6 is 11.3 Å². The molecule has 3 heterocycles. The number of aromatic nitrogens is 2. The van der Waals surface area contributed by atoms with Crippen LogP contribution in [0, 0.1) is 0 Å². The number of carbonyl (C=O) groups is 1. The molecule has 1 atom stereocenters. The standard InChI is InChI=1S/C18H17N3O4S/c1-25-13-4-2-11(3-5-13)15-10-26-18-19-8-14(17(24)21(15)18)16(23)20-7-6-12(22)9-20/h2-5,8,10,12,22H,6-7,9H2,1H3.